The van der Waals surface area contributed by atoms with Crippen molar-refractivity contribution < 1.29 is 33.3 Å². The van der Waals surface area contributed by atoms with E-state index >= 15 is 0 Å². The van der Waals surface area contributed by atoms with Crippen LogP contribution >= 0.6 is 0 Å². The zero-order valence-corrected chi connectivity index (χ0v) is 21.4. The van der Waals surface area contributed by atoms with E-state index in [1.54, 1.807) is 74.9 Å². The third-order valence-electron chi connectivity index (χ3n) is 5.09. The molecule has 198 valence electrons. The van der Waals surface area contributed by atoms with E-state index in [4.69, 9.17) is 23.7 Å². The Hall–Kier alpha value is -5.06. The van der Waals surface area contributed by atoms with E-state index < -0.39 is 11.8 Å². The molecule has 0 aliphatic rings. The molecule has 0 aromatic heterocycles. The second-order valence-electron chi connectivity index (χ2n) is 7.51. The molecule has 0 spiro atoms. The van der Waals surface area contributed by atoms with Gasteiger partial charge in [0.15, 0.2) is 29.6 Å². The molecule has 11 nitrogen and oxygen atoms in total. The van der Waals surface area contributed by atoms with Gasteiger partial charge in [-0.25, -0.2) is 10.9 Å². The summed E-state index contributed by atoms with van der Waals surface area (Å²) in [4.78, 5) is 24.9. The van der Waals surface area contributed by atoms with Crippen molar-refractivity contribution in [3.8, 4) is 28.7 Å². The van der Waals surface area contributed by atoms with Gasteiger partial charge in [0.05, 0.1) is 46.4 Å². The number of carbonyl (C=O) groups excluding carboxylic acids is 2. The van der Waals surface area contributed by atoms with Gasteiger partial charge in [-0.2, -0.15) is 10.2 Å². The lowest BCUT2D eigenvalue weighted by Crippen LogP contribution is -2.25. The van der Waals surface area contributed by atoms with Gasteiger partial charge in [0.25, 0.3) is 11.8 Å². The summed E-state index contributed by atoms with van der Waals surface area (Å²) in [6.07, 6.45) is 2.92. The zero-order valence-electron chi connectivity index (χ0n) is 21.4. The Balaban J connectivity index is 1.55. The number of para-hydroxylation sites is 1. The number of hydrogen-bond acceptors (Lipinski definition) is 9. The number of hydrogen-bond donors (Lipinski definition) is 2. The molecule has 0 aliphatic heterocycles. The monoisotopic (exact) mass is 520 g/mol. The van der Waals surface area contributed by atoms with Crippen molar-refractivity contribution in [1.29, 1.82) is 0 Å². The maximum absolute atomic E-state index is 12.7. The lowest BCUT2D eigenvalue weighted by molar-refractivity contribution is -0.123. The highest BCUT2D eigenvalue weighted by atomic mass is 16.5. The lowest BCUT2D eigenvalue weighted by Gasteiger charge is -2.10. The third-order valence-corrected chi connectivity index (χ3v) is 5.09. The molecule has 0 fully saturated rings. The van der Waals surface area contributed by atoms with Crippen LogP contribution in [0.1, 0.15) is 21.5 Å². The molecule has 0 radical (unpaired) electrons. The molecule has 3 rings (SSSR count). The molecule has 0 unspecified atom stereocenters. The minimum Gasteiger partial charge on any atom is -0.493 e. The van der Waals surface area contributed by atoms with Crippen molar-refractivity contribution in [3.63, 3.8) is 0 Å². The van der Waals surface area contributed by atoms with E-state index in [9.17, 15) is 9.59 Å². The fourth-order valence-corrected chi connectivity index (χ4v) is 3.23. The highest BCUT2D eigenvalue weighted by molar-refractivity contribution is 5.97. The van der Waals surface area contributed by atoms with E-state index in [1.165, 1.54) is 26.6 Å². The van der Waals surface area contributed by atoms with E-state index in [1.807, 2.05) is 0 Å². The third kappa shape index (κ3) is 7.47. The summed E-state index contributed by atoms with van der Waals surface area (Å²) in [5, 5.41) is 7.90. The second-order valence-corrected chi connectivity index (χ2v) is 7.51. The molecular weight excluding hydrogens is 492 g/mol. The Bertz CT molecular complexity index is 1320. The van der Waals surface area contributed by atoms with E-state index in [-0.39, 0.29) is 17.9 Å². The SMILES string of the molecule is COc1ccc(/C=N\NC(=O)COc2ccccc2C(=O)N/N=C/c2ccc(OC)c(OC)c2)cc1OC. The minimum absolute atomic E-state index is 0.207. The first kappa shape index (κ1) is 27.5. The van der Waals surface area contributed by atoms with Crippen molar-refractivity contribution in [3.05, 3.63) is 77.4 Å². The topological polar surface area (TPSA) is 129 Å². The molecule has 0 saturated heterocycles. The van der Waals surface area contributed by atoms with Crippen LogP contribution in [-0.4, -0.2) is 59.3 Å². The number of nitrogens with one attached hydrogen (secondary N) is 2. The predicted octanol–water partition coefficient (Wildman–Crippen LogP) is 3.01. The number of methoxy groups -OCH3 is 4. The molecule has 0 bridgehead atoms. The molecule has 38 heavy (non-hydrogen) atoms. The van der Waals surface area contributed by atoms with Crippen LogP contribution in [0.4, 0.5) is 0 Å². The first-order valence-electron chi connectivity index (χ1n) is 11.3. The molecule has 2 amide bonds. The quantitative estimate of drug-likeness (QED) is 0.277. The summed E-state index contributed by atoms with van der Waals surface area (Å²) in [6.45, 7) is -0.359. The first-order chi connectivity index (χ1) is 18.5. The largest absolute Gasteiger partial charge is 0.493 e. The van der Waals surface area contributed by atoms with E-state index in [0.717, 1.165) is 0 Å². The van der Waals surface area contributed by atoms with Crippen LogP contribution in [0.3, 0.4) is 0 Å². The molecule has 3 aromatic carbocycles. The highest BCUT2D eigenvalue weighted by Crippen LogP contribution is 2.27. The van der Waals surface area contributed by atoms with Gasteiger partial charge >= 0.3 is 0 Å². The fraction of sp³-hybridized carbons (Fsp3) is 0.185. The van der Waals surface area contributed by atoms with Crippen molar-refractivity contribution in [1.82, 2.24) is 10.9 Å². The zero-order chi connectivity index (χ0) is 27.3. The first-order valence-corrected chi connectivity index (χ1v) is 11.3. The Morgan fingerprint density at radius 2 is 1.21 bits per heavy atom. The van der Waals surface area contributed by atoms with Gasteiger partial charge in [0, 0.05) is 0 Å². The molecule has 0 saturated carbocycles. The standard InChI is InChI=1S/C27H28N4O7/c1-34-22-11-9-18(13-24(22)36-3)15-28-30-26(32)17-38-21-8-6-5-7-20(21)27(33)31-29-16-19-10-12-23(35-2)25(14-19)37-4/h5-16H,17H2,1-4H3,(H,30,32)(H,31,33)/b28-15-,29-16+. The van der Waals surface area contributed by atoms with Gasteiger partial charge in [-0.15, -0.1) is 0 Å². The maximum atomic E-state index is 12.7. The average molecular weight is 521 g/mol. The number of benzene rings is 3. The van der Waals surface area contributed by atoms with Gasteiger partial charge in [-0.1, -0.05) is 12.1 Å². The van der Waals surface area contributed by atoms with Gasteiger partial charge in [0.2, 0.25) is 0 Å². The van der Waals surface area contributed by atoms with Crippen LogP contribution in [-0.2, 0) is 4.79 Å². The normalized spacial score (nSPS) is 10.7. The summed E-state index contributed by atoms with van der Waals surface area (Å²) >= 11 is 0. The van der Waals surface area contributed by atoms with Gasteiger partial charge < -0.3 is 23.7 Å². The van der Waals surface area contributed by atoms with Crippen LogP contribution < -0.4 is 34.5 Å². The number of carbonyl (C=O) groups is 2. The fourth-order valence-electron chi connectivity index (χ4n) is 3.23. The summed E-state index contributed by atoms with van der Waals surface area (Å²) in [7, 11) is 6.15. The molecule has 0 aliphatic carbocycles. The number of ether oxygens (including phenoxy) is 5. The highest BCUT2D eigenvalue weighted by Gasteiger charge is 2.13. The van der Waals surface area contributed by atoms with Crippen LogP contribution in [0, 0.1) is 0 Å². The molecular formula is C27H28N4O7. The summed E-state index contributed by atoms with van der Waals surface area (Å²) in [5.74, 6) is 1.42. The van der Waals surface area contributed by atoms with Gasteiger partial charge in [-0.05, 0) is 59.7 Å². The van der Waals surface area contributed by atoms with Crippen LogP contribution in [0.2, 0.25) is 0 Å². The van der Waals surface area contributed by atoms with Crippen molar-refractivity contribution in [2.45, 2.75) is 0 Å². The smallest absolute Gasteiger partial charge is 0.277 e. The second kappa shape index (κ2) is 13.9. The van der Waals surface area contributed by atoms with Gasteiger partial charge in [-0.3, -0.25) is 9.59 Å². The molecule has 0 atom stereocenters. The van der Waals surface area contributed by atoms with E-state index in [2.05, 4.69) is 21.1 Å². The molecule has 2 N–H and O–H groups in total. The Kier molecular flexibility index (Phi) is 10.1. The van der Waals surface area contributed by atoms with Crippen molar-refractivity contribution >= 4 is 24.2 Å². The van der Waals surface area contributed by atoms with E-state index in [0.29, 0.717) is 34.1 Å². The summed E-state index contributed by atoms with van der Waals surface area (Å²) in [5.41, 5.74) is 6.42. The Morgan fingerprint density at radius 1 is 0.684 bits per heavy atom. The number of rotatable bonds is 12. The number of hydrazone groups is 2. The van der Waals surface area contributed by atoms with Crippen LogP contribution in [0.25, 0.3) is 0 Å². The number of amides is 2. The predicted molar refractivity (Wildman–Crippen MR) is 142 cm³/mol. The summed E-state index contributed by atoms with van der Waals surface area (Å²) in [6, 6.07) is 16.9. The maximum Gasteiger partial charge on any atom is 0.277 e. The number of nitrogens with zero attached hydrogens (tertiary/aromatic N) is 2. The van der Waals surface area contributed by atoms with Gasteiger partial charge in [0.1, 0.15) is 5.75 Å². The van der Waals surface area contributed by atoms with Crippen LogP contribution in [0.5, 0.6) is 28.7 Å². The average Bonchev–Trinajstić information content (AvgIpc) is 2.95. The molecule has 3 aromatic rings. The van der Waals surface area contributed by atoms with Crippen molar-refractivity contribution in [2.75, 3.05) is 35.0 Å². The summed E-state index contributed by atoms with van der Waals surface area (Å²) < 4.78 is 26.4. The Morgan fingerprint density at radius 3 is 1.76 bits per heavy atom. The Labute approximate surface area is 220 Å². The van der Waals surface area contributed by atoms with Crippen LogP contribution in [0.15, 0.2) is 70.9 Å². The lowest BCUT2D eigenvalue weighted by atomic mass is 10.2. The minimum atomic E-state index is -0.511. The molecule has 0 heterocycles. The van der Waals surface area contributed by atoms with Crippen molar-refractivity contribution in [2.24, 2.45) is 10.2 Å². The molecule has 11 heteroatoms.